The smallest absolute Gasteiger partial charge is 0.151 e. The molecule has 0 aliphatic carbocycles. The molecule has 4 heteroatoms. The van der Waals surface area contributed by atoms with E-state index in [0.717, 1.165) is 17.9 Å². The van der Waals surface area contributed by atoms with Crippen LogP contribution in [-0.4, -0.2) is 15.1 Å². The number of nitrogens with one attached hydrogen (secondary N) is 1. The van der Waals surface area contributed by atoms with E-state index in [9.17, 15) is 4.39 Å². The molecule has 0 bridgehead atoms. The molecule has 2 aromatic rings. The molecule has 18 heavy (non-hydrogen) atoms. The topological polar surface area (TPSA) is 29.9 Å². The molecule has 0 fully saturated rings. The largest absolute Gasteiger partial charge is 0.327 e. The van der Waals surface area contributed by atoms with E-state index in [4.69, 9.17) is 0 Å². The van der Waals surface area contributed by atoms with Crippen molar-refractivity contribution in [2.24, 2.45) is 0 Å². The minimum Gasteiger partial charge on any atom is -0.327 e. The summed E-state index contributed by atoms with van der Waals surface area (Å²) < 4.78 is 15.7. The van der Waals surface area contributed by atoms with E-state index in [0.29, 0.717) is 12.1 Å². The van der Waals surface area contributed by atoms with Crippen LogP contribution in [0.25, 0.3) is 11.0 Å². The zero-order valence-corrected chi connectivity index (χ0v) is 11.4. The number of nitrogens with zero attached hydrogens (tertiary/aromatic N) is 2. The van der Waals surface area contributed by atoms with Gasteiger partial charge in [-0.3, -0.25) is 0 Å². The summed E-state index contributed by atoms with van der Waals surface area (Å²) in [6.45, 7) is 9.80. The first kappa shape index (κ1) is 13.0. The number of fused-ring (bicyclic) bond motifs is 1. The number of aromatic nitrogens is 2. The Kier molecular flexibility index (Phi) is 3.39. The van der Waals surface area contributed by atoms with E-state index in [1.54, 1.807) is 6.07 Å². The molecule has 1 heterocycles. The van der Waals surface area contributed by atoms with E-state index in [2.05, 4.69) is 35.6 Å². The van der Waals surface area contributed by atoms with Gasteiger partial charge in [0.05, 0.1) is 12.1 Å². The number of rotatable bonds is 3. The second kappa shape index (κ2) is 4.69. The summed E-state index contributed by atoms with van der Waals surface area (Å²) in [4.78, 5) is 4.41. The number of aryl methyl sites for hydroxylation is 1. The van der Waals surface area contributed by atoms with Crippen LogP contribution in [0.5, 0.6) is 0 Å². The molecule has 1 aromatic carbocycles. The maximum atomic E-state index is 13.7. The third-order valence-corrected chi connectivity index (χ3v) is 2.90. The molecule has 0 saturated carbocycles. The fourth-order valence-electron chi connectivity index (χ4n) is 1.99. The van der Waals surface area contributed by atoms with Crippen LogP contribution in [0, 0.1) is 5.82 Å². The van der Waals surface area contributed by atoms with E-state index in [-0.39, 0.29) is 11.4 Å². The van der Waals surface area contributed by atoms with Crippen LogP contribution >= 0.6 is 0 Å². The SMILES string of the molecule is CCn1c(CNC(C)(C)C)nc2c(F)cccc21. The van der Waals surface area contributed by atoms with Gasteiger partial charge in [0.1, 0.15) is 11.3 Å². The Labute approximate surface area is 107 Å². The molecular formula is C14H20FN3. The van der Waals surface area contributed by atoms with Crippen LogP contribution in [0.3, 0.4) is 0 Å². The van der Waals surface area contributed by atoms with Crippen molar-refractivity contribution in [1.29, 1.82) is 0 Å². The molecule has 0 aliphatic rings. The van der Waals surface area contributed by atoms with Crippen molar-refractivity contribution in [3.8, 4) is 0 Å². The summed E-state index contributed by atoms with van der Waals surface area (Å²) in [5, 5.41) is 3.39. The third kappa shape index (κ3) is 2.53. The van der Waals surface area contributed by atoms with E-state index >= 15 is 0 Å². The maximum Gasteiger partial charge on any atom is 0.151 e. The lowest BCUT2D eigenvalue weighted by Gasteiger charge is -2.20. The maximum absolute atomic E-state index is 13.7. The molecule has 0 amide bonds. The minimum absolute atomic E-state index is 0.0231. The van der Waals surface area contributed by atoms with Gasteiger partial charge in [-0.1, -0.05) is 6.07 Å². The molecular weight excluding hydrogens is 229 g/mol. The van der Waals surface area contributed by atoms with Gasteiger partial charge in [0.15, 0.2) is 5.82 Å². The van der Waals surface area contributed by atoms with Crippen LogP contribution in [0.2, 0.25) is 0 Å². The Bertz CT molecular complexity index is 552. The number of hydrogen-bond acceptors (Lipinski definition) is 2. The summed E-state index contributed by atoms with van der Waals surface area (Å²) in [5.74, 6) is 0.629. The zero-order valence-electron chi connectivity index (χ0n) is 11.4. The third-order valence-electron chi connectivity index (χ3n) is 2.90. The first-order chi connectivity index (χ1) is 8.42. The summed E-state index contributed by atoms with van der Waals surface area (Å²) in [6.07, 6.45) is 0. The van der Waals surface area contributed by atoms with E-state index in [1.807, 2.05) is 13.0 Å². The fourth-order valence-corrected chi connectivity index (χ4v) is 1.99. The fraction of sp³-hybridized carbons (Fsp3) is 0.500. The van der Waals surface area contributed by atoms with Crippen molar-refractivity contribution in [1.82, 2.24) is 14.9 Å². The van der Waals surface area contributed by atoms with Crippen LogP contribution in [-0.2, 0) is 13.1 Å². The minimum atomic E-state index is -0.253. The highest BCUT2D eigenvalue weighted by atomic mass is 19.1. The Morgan fingerprint density at radius 3 is 2.67 bits per heavy atom. The van der Waals surface area contributed by atoms with Crippen molar-refractivity contribution < 1.29 is 4.39 Å². The Morgan fingerprint density at radius 2 is 2.06 bits per heavy atom. The first-order valence-electron chi connectivity index (χ1n) is 6.31. The molecule has 1 aromatic heterocycles. The standard InChI is InChI=1S/C14H20FN3/c1-5-18-11-8-6-7-10(15)13(11)17-12(18)9-16-14(2,3)4/h6-8,16H,5,9H2,1-4H3. The molecule has 0 spiro atoms. The predicted molar refractivity (Wildman–Crippen MR) is 72.0 cm³/mol. The molecule has 3 nitrogen and oxygen atoms in total. The molecule has 1 N–H and O–H groups in total. The Hall–Kier alpha value is -1.42. The van der Waals surface area contributed by atoms with Gasteiger partial charge in [-0.2, -0.15) is 0 Å². The highest BCUT2D eigenvalue weighted by molar-refractivity contribution is 5.76. The van der Waals surface area contributed by atoms with Crippen molar-refractivity contribution in [2.75, 3.05) is 0 Å². The average molecular weight is 249 g/mol. The summed E-state index contributed by atoms with van der Waals surface area (Å²) in [5.41, 5.74) is 1.35. The second-order valence-corrected chi connectivity index (χ2v) is 5.48. The van der Waals surface area contributed by atoms with Gasteiger partial charge < -0.3 is 9.88 Å². The molecule has 0 aliphatic heterocycles. The first-order valence-corrected chi connectivity index (χ1v) is 6.31. The van der Waals surface area contributed by atoms with E-state index < -0.39 is 0 Å². The molecule has 2 rings (SSSR count). The van der Waals surface area contributed by atoms with Crippen LogP contribution < -0.4 is 5.32 Å². The average Bonchev–Trinajstić information content (AvgIpc) is 2.64. The van der Waals surface area contributed by atoms with Crippen LogP contribution in [0.4, 0.5) is 4.39 Å². The Balaban J connectivity index is 2.41. The number of imidazole rings is 1. The molecule has 0 unspecified atom stereocenters. The lowest BCUT2D eigenvalue weighted by molar-refractivity contribution is 0.413. The normalized spacial score (nSPS) is 12.3. The number of para-hydroxylation sites is 1. The molecule has 0 atom stereocenters. The lowest BCUT2D eigenvalue weighted by atomic mass is 10.1. The van der Waals surface area contributed by atoms with Crippen molar-refractivity contribution in [2.45, 2.75) is 46.3 Å². The highest BCUT2D eigenvalue weighted by Crippen LogP contribution is 2.19. The zero-order chi connectivity index (χ0) is 13.3. The van der Waals surface area contributed by atoms with Gasteiger partial charge in [-0.05, 0) is 39.8 Å². The Morgan fingerprint density at radius 1 is 1.33 bits per heavy atom. The molecule has 0 radical (unpaired) electrons. The number of halogens is 1. The van der Waals surface area contributed by atoms with Gasteiger partial charge in [-0.15, -0.1) is 0 Å². The van der Waals surface area contributed by atoms with Gasteiger partial charge in [0.2, 0.25) is 0 Å². The number of benzene rings is 1. The highest BCUT2D eigenvalue weighted by Gasteiger charge is 2.15. The summed E-state index contributed by atoms with van der Waals surface area (Å²) >= 11 is 0. The van der Waals surface area contributed by atoms with Crippen LogP contribution in [0.1, 0.15) is 33.5 Å². The van der Waals surface area contributed by atoms with Gasteiger partial charge in [0.25, 0.3) is 0 Å². The van der Waals surface area contributed by atoms with Crippen molar-refractivity contribution in [3.05, 3.63) is 29.8 Å². The predicted octanol–water partition coefficient (Wildman–Crippen LogP) is 3.08. The van der Waals surface area contributed by atoms with Gasteiger partial charge in [-0.25, -0.2) is 9.37 Å². The molecule has 0 saturated heterocycles. The van der Waals surface area contributed by atoms with Crippen molar-refractivity contribution >= 4 is 11.0 Å². The second-order valence-electron chi connectivity index (χ2n) is 5.48. The van der Waals surface area contributed by atoms with E-state index in [1.165, 1.54) is 6.07 Å². The quantitative estimate of drug-likeness (QED) is 0.906. The van der Waals surface area contributed by atoms with Crippen molar-refractivity contribution in [3.63, 3.8) is 0 Å². The monoisotopic (exact) mass is 249 g/mol. The lowest BCUT2D eigenvalue weighted by Crippen LogP contribution is -2.35. The van der Waals surface area contributed by atoms with Gasteiger partial charge in [0, 0.05) is 12.1 Å². The molecule has 98 valence electrons. The number of hydrogen-bond donors (Lipinski definition) is 1. The van der Waals surface area contributed by atoms with Crippen LogP contribution in [0.15, 0.2) is 18.2 Å². The summed E-state index contributed by atoms with van der Waals surface area (Å²) in [6, 6.07) is 5.10. The summed E-state index contributed by atoms with van der Waals surface area (Å²) in [7, 11) is 0. The van der Waals surface area contributed by atoms with Gasteiger partial charge >= 0.3 is 0 Å².